The quantitative estimate of drug-likeness (QED) is 0.411. The Bertz CT molecular complexity index is 1270. The Labute approximate surface area is 199 Å². The normalized spacial score (nSPS) is 12.5. The maximum absolute atomic E-state index is 13.2. The second-order valence-electron chi connectivity index (χ2n) is 8.24. The number of carbonyl (C=O) groups excluding carboxylic acids is 1. The van der Waals surface area contributed by atoms with E-state index in [9.17, 15) is 4.79 Å². The molecule has 4 aromatic rings. The molecule has 2 atom stereocenters. The van der Waals surface area contributed by atoms with Gasteiger partial charge in [0.15, 0.2) is 0 Å². The van der Waals surface area contributed by atoms with Gasteiger partial charge in [-0.2, -0.15) is 10.4 Å². The summed E-state index contributed by atoms with van der Waals surface area (Å²) in [5, 5.41) is 19.6. The van der Waals surface area contributed by atoms with Crippen LogP contribution in [0.25, 0.3) is 5.69 Å². The molecule has 7 heteroatoms. The summed E-state index contributed by atoms with van der Waals surface area (Å²) in [6.45, 7) is 4.65. The average Bonchev–Trinajstić information content (AvgIpc) is 3.31. The van der Waals surface area contributed by atoms with Gasteiger partial charge in [0.25, 0.3) is 0 Å². The third kappa shape index (κ3) is 5.55. The van der Waals surface area contributed by atoms with Gasteiger partial charge in [0.05, 0.1) is 29.7 Å². The van der Waals surface area contributed by atoms with Crippen molar-refractivity contribution in [2.75, 3.05) is 11.9 Å². The van der Waals surface area contributed by atoms with Crippen LogP contribution in [0.2, 0.25) is 0 Å². The maximum Gasteiger partial charge on any atom is 0.247 e. The predicted molar refractivity (Wildman–Crippen MR) is 131 cm³/mol. The van der Waals surface area contributed by atoms with E-state index in [1.54, 1.807) is 23.1 Å². The summed E-state index contributed by atoms with van der Waals surface area (Å²) in [6, 6.07) is 22.4. The van der Waals surface area contributed by atoms with Crippen molar-refractivity contribution in [1.29, 1.82) is 5.26 Å². The Morgan fingerprint density at radius 2 is 1.79 bits per heavy atom. The van der Waals surface area contributed by atoms with Crippen molar-refractivity contribution < 1.29 is 4.79 Å². The van der Waals surface area contributed by atoms with Gasteiger partial charge in [-0.25, -0.2) is 9.67 Å². The standard InChI is InChI=1S/C27H26N6O/c1-19-15-31-33(18-19)24-12-13-25(29-17-24)32-27(34)26(23-6-4-3-5-7-23)30-16-20(2)22-10-8-21(14-28)9-11-22/h3-13,15,17-18,20,26,30H,16H2,1-2H3,(H,29,32,34)/t20-,26?/m1/s1. The third-order valence-corrected chi connectivity index (χ3v) is 5.61. The number of nitrogens with zero attached hydrogens (tertiary/aromatic N) is 4. The molecule has 0 bridgehead atoms. The van der Waals surface area contributed by atoms with Crippen molar-refractivity contribution in [1.82, 2.24) is 20.1 Å². The van der Waals surface area contributed by atoms with Crippen LogP contribution in [0.5, 0.6) is 0 Å². The minimum atomic E-state index is -0.544. The number of benzene rings is 2. The molecule has 0 aliphatic heterocycles. The zero-order chi connectivity index (χ0) is 23.9. The first-order valence-electron chi connectivity index (χ1n) is 11.1. The number of hydrogen-bond acceptors (Lipinski definition) is 5. The SMILES string of the molecule is Cc1cnn(-c2ccc(NC(=O)C(NC[C@@H](C)c3ccc(C#N)cc3)c3ccccc3)nc2)c1. The number of hydrogen-bond donors (Lipinski definition) is 2. The van der Waals surface area contributed by atoms with Crippen LogP contribution in [-0.4, -0.2) is 27.2 Å². The lowest BCUT2D eigenvalue weighted by Gasteiger charge is -2.21. The highest BCUT2D eigenvalue weighted by molar-refractivity contribution is 5.94. The molecule has 1 unspecified atom stereocenters. The fourth-order valence-electron chi connectivity index (χ4n) is 3.65. The van der Waals surface area contributed by atoms with Crippen LogP contribution in [0.3, 0.4) is 0 Å². The minimum absolute atomic E-state index is 0.154. The molecule has 1 amide bonds. The molecule has 2 heterocycles. The summed E-state index contributed by atoms with van der Waals surface area (Å²) in [6.07, 6.45) is 5.38. The van der Waals surface area contributed by atoms with Crippen molar-refractivity contribution in [2.45, 2.75) is 25.8 Å². The Morgan fingerprint density at radius 3 is 2.41 bits per heavy atom. The number of nitriles is 1. The first-order chi connectivity index (χ1) is 16.5. The molecule has 0 saturated heterocycles. The van der Waals surface area contributed by atoms with E-state index in [2.05, 4.69) is 33.7 Å². The van der Waals surface area contributed by atoms with Crippen LogP contribution in [0, 0.1) is 18.3 Å². The van der Waals surface area contributed by atoms with Gasteiger partial charge in [0.1, 0.15) is 11.9 Å². The molecule has 0 fully saturated rings. The largest absolute Gasteiger partial charge is 0.309 e. The average molecular weight is 451 g/mol. The van der Waals surface area contributed by atoms with Gasteiger partial charge < -0.3 is 10.6 Å². The van der Waals surface area contributed by atoms with Crippen LogP contribution in [0.15, 0.2) is 85.3 Å². The summed E-state index contributed by atoms with van der Waals surface area (Å²) < 4.78 is 1.74. The fourth-order valence-corrected chi connectivity index (χ4v) is 3.65. The van der Waals surface area contributed by atoms with E-state index in [-0.39, 0.29) is 11.8 Å². The second-order valence-corrected chi connectivity index (χ2v) is 8.24. The number of nitrogens with one attached hydrogen (secondary N) is 2. The molecule has 170 valence electrons. The van der Waals surface area contributed by atoms with E-state index in [0.717, 1.165) is 22.4 Å². The van der Waals surface area contributed by atoms with Crippen molar-refractivity contribution in [3.8, 4) is 11.8 Å². The molecule has 0 spiro atoms. The molecule has 2 N–H and O–H groups in total. The topological polar surface area (TPSA) is 95.6 Å². The Balaban J connectivity index is 1.46. The Kier molecular flexibility index (Phi) is 7.11. The molecule has 0 saturated carbocycles. The van der Waals surface area contributed by atoms with Crippen molar-refractivity contribution in [2.24, 2.45) is 0 Å². The fraction of sp³-hybridized carbons (Fsp3) is 0.185. The van der Waals surface area contributed by atoms with Gasteiger partial charge in [-0.15, -0.1) is 0 Å². The molecule has 7 nitrogen and oxygen atoms in total. The number of pyridine rings is 1. The number of carbonyl (C=O) groups is 1. The first-order valence-corrected chi connectivity index (χ1v) is 11.1. The van der Waals surface area contributed by atoms with Crippen molar-refractivity contribution >= 4 is 11.7 Å². The molecular weight excluding hydrogens is 424 g/mol. The molecule has 0 aliphatic carbocycles. The van der Waals surface area contributed by atoms with Crippen molar-refractivity contribution in [3.05, 3.63) is 108 Å². The lowest BCUT2D eigenvalue weighted by atomic mass is 9.98. The highest BCUT2D eigenvalue weighted by Crippen LogP contribution is 2.20. The lowest BCUT2D eigenvalue weighted by molar-refractivity contribution is -0.118. The van der Waals surface area contributed by atoms with E-state index in [0.29, 0.717) is 17.9 Å². The van der Waals surface area contributed by atoms with Crippen LogP contribution in [-0.2, 0) is 4.79 Å². The van der Waals surface area contributed by atoms with E-state index in [1.165, 1.54) is 0 Å². The molecule has 0 radical (unpaired) electrons. The summed E-state index contributed by atoms with van der Waals surface area (Å²) in [4.78, 5) is 17.6. The van der Waals surface area contributed by atoms with Gasteiger partial charge in [-0.1, -0.05) is 49.4 Å². The number of amides is 1. The third-order valence-electron chi connectivity index (χ3n) is 5.61. The smallest absolute Gasteiger partial charge is 0.247 e. The zero-order valence-electron chi connectivity index (χ0n) is 19.1. The molecule has 34 heavy (non-hydrogen) atoms. The van der Waals surface area contributed by atoms with Crippen LogP contribution in [0.4, 0.5) is 5.82 Å². The van der Waals surface area contributed by atoms with Crippen molar-refractivity contribution in [3.63, 3.8) is 0 Å². The van der Waals surface area contributed by atoms with E-state index in [1.807, 2.05) is 73.8 Å². The number of rotatable bonds is 8. The Morgan fingerprint density at radius 1 is 1.03 bits per heavy atom. The van der Waals surface area contributed by atoms with E-state index < -0.39 is 6.04 Å². The van der Waals surface area contributed by atoms with E-state index >= 15 is 0 Å². The van der Waals surface area contributed by atoms with Gasteiger partial charge in [-0.3, -0.25) is 4.79 Å². The molecule has 2 aromatic carbocycles. The minimum Gasteiger partial charge on any atom is -0.309 e. The zero-order valence-corrected chi connectivity index (χ0v) is 19.1. The summed E-state index contributed by atoms with van der Waals surface area (Å²) in [5.74, 6) is 0.440. The summed E-state index contributed by atoms with van der Waals surface area (Å²) in [7, 11) is 0. The number of aromatic nitrogens is 3. The lowest BCUT2D eigenvalue weighted by Crippen LogP contribution is -2.35. The number of anilines is 1. The maximum atomic E-state index is 13.2. The number of aryl methyl sites for hydroxylation is 1. The summed E-state index contributed by atoms with van der Waals surface area (Å²) >= 11 is 0. The monoisotopic (exact) mass is 450 g/mol. The molecule has 0 aliphatic rings. The van der Waals surface area contributed by atoms with Crippen LogP contribution >= 0.6 is 0 Å². The first kappa shape index (κ1) is 22.9. The van der Waals surface area contributed by atoms with Crippen LogP contribution < -0.4 is 10.6 Å². The molecule has 2 aromatic heterocycles. The van der Waals surface area contributed by atoms with Gasteiger partial charge in [-0.05, 0) is 53.8 Å². The van der Waals surface area contributed by atoms with Gasteiger partial charge in [0, 0.05) is 12.7 Å². The highest BCUT2D eigenvalue weighted by Gasteiger charge is 2.21. The van der Waals surface area contributed by atoms with Crippen LogP contribution in [0.1, 0.15) is 41.1 Å². The Hall–Kier alpha value is -4.28. The molecular formula is C27H26N6O. The van der Waals surface area contributed by atoms with E-state index in [4.69, 9.17) is 5.26 Å². The molecule has 4 rings (SSSR count). The predicted octanol–water partition coefficient (Wildman–Crippen LogP) is 4.52. The highest BCUT2D eigenvalue weighted by atomic mass is 16.2. The summed E-state index contributed by atoms with van der Waals surface area (Å²) in [5.41, 5.74) is 4.48. The van der Waals surface area contributed by atoms with Gasteiger partial charge >= 0.3 is 0 Å². The second kappa shape index (κ2) is 10.6. The van der Waals surface area contributed by atoms with Gasteiger partial charge in [0.2, 0.25) is 5.91 Å².